The van der Waals surface area contributed by atoms with Crippen LogP contribution in [0.15, 0.2) is 98.4 Å². The number of aromatic nitrogens is 5. The van der Waals surface area contributed by atoms with Crippen LogP contribution >= 0.6 is 0 Å². The Morgan fingerprint density at radius 2 is 1.06 bits per heavy atom. The molecular formula is C27H23N7O2. The molecule has 2 aromatic carbocycles. The number of rotatable bonds is 6. The van der Waals surface area contributed by atoms with Crippen molar-refractivity contribution in [1.82, 2.24) is 24.5 Å². The summed E-state index contributed by atoms with van der Waals surface area (Å²) in [5, 5.41) is 6.15. The summed E-state index contributed by atoms with van der Waals surface area (Å²) in [5.74, 6) is 0.784. The summed E-state index contributed by atoms with van der Waals surface area (Å²) in [5.41, 5.74) is 3.36. The predicted octanol–water partition coefficient (Wildman–Crippen LogP) is 4.16. The molecule has 0 aliphatic heterocycles. The number of aryl methyl sites for hydroxylation is 2. The molecule has 3 heterocycles. The van der Waals surface area contributed by atoms with E-state index in [-0.39, 0.29) is 11.1 Å². The van der Waals surface area contributed by atoms with E-state index < -0.39 is 0 Å². The lowest BCUT2D eigenvalue weighted by atomic mass is 10.3. The second kappa shape index (κ2) is 9.67. The maximum absolute atomic E-state index is 12.9. The van der Waals surface area contributed by atoms with Gasteiger partial charge < -0.3 is 0 Å². The Kier molecular flexibility index (Phi) is 6.10. The molecule has 2 N–H and O–H groups in total. The first-order chi connectivity index (χ1) is 17.5. The molecule has 9 nitrogen and oxygen atoms in total. The molecule has 0 unspecified atom stereocenters. The molecule has 3 aromatic heterocycles. The Hall–Kier alpha value is -5.05. The largest absolute Gasteiger partial charge is 0.295 e. The third-order valence-corrected chi connectivity index (χ3v) is 5.63. The van der Waals surface area contributed by atoms with Gasteiger partial charge >= 0.3 is 0 Å². The molecule has 0 amide bonds. The highest BCUT2D eigenvalue weighted by atomic mass is 16.1. The van der Waals surface area contributed by atoms with Crippen LogP contribution in [0.4, 0.5) is 11.6 Å². The molecule has 0 fully saturated rings. The molecule has 0 bridgehead atoms. The van der Waals surface area contributed by atoms with Crippen molar-refractivity contribution in [2.24, 2.45) is 9.98 Å². The zero-order valence-electron chi connectivity index (χ0n) is 19.7. The SMILES string of the molecule is Cc1[nH]n(-c2ccccc2)c(=O)c1C=Nc1cccc(/N=C/c2c(C)[nH]n(-c3ccccc3)c2=O)n1. The normalized spacial score (nSPS) is 11.6. The van der Waals surface area contributed by atoms with Crippen molar-refractivity contribution >= 4 is 24.1 Å². The highest BCUT2D eigenvalue weighted by Gasteiger charge is 2.12. The van der Waals surface area contributed by atoms with E-state index in [4.69, 9.17) is 0 Å². The van der Waals surface area contributed by atoms with E-state index in [1.165, 1.54) is 21.8 Å². The summed E-state index contributed by atoms with van der Waals surface area (Å²) in [6.45, 7) is 3.63. The van der Waals surface area contributed by atoms with Crippen molar-refractivity contribution in [2.45, 2.75) is 13.8 Å². The number of hydrogen-bond donors (Lipinski definition) is 2. The van der Waals surface area contributed by atoms with Gasteiger partial charge in [-0.2, -0.15) is 0 Å². The fourth-order valence-electron chi connectivity index (χ4n) is 3.76. The number of para-hydroxylation sites is 2. The lowest BCUT2D eigenvalue weighted by molar-refractivity contribution is 0.835. The van der Waals surface area contributed by atoms with Crippen LogP contribution in [-0.2, 0) is 0 Å². The highest BCUT2D eigenvalue weighted by Crippen LogP contribution is 2.16. The number of aliphatic imine (C=N–C) groups is 2. The number of hydrogen-bond acceptors (Lipinski definition) is 5. The van der Waals surface area contributed by atoms with Gasteiger partial charge in [-0.15, -0.1) is 0 Å². The Bertz CT molecular complexity index is 1560. The second-order valence-electron chi connectivity index (χ2n) is 8.12. The number of aromatic amines is 2. The van der Waals surface area contributed by atoms with Gasteiger partial charge in [-0.25, -0.2) is 24.3 Å². The quantitative estimate of drug-likeness (QED) is 0.358. The van der Waals surface area contributed by atoms with Gasteiger partial charge in [-0.05, 0) is 50.2 Å². The van der Waals surface area contributed by atoms with Gasteiger partial charge in [0.15, 0.2) is 11.6 Å². The minimum Gasteiger partial charge on any atom is -0.295 e. The molecular weight excluding hydrogens is 454 g/mol. The average molecular weight is 478 g/mol. The van der Waals surface area contributed by atoms with Crippen molar-refractivity contribution in [3.05, 3.63) is 122 Å². The molecule has 9 heteroatoms. The topological polar surface area (TPSA) is 113 Å². The Morgan fingerprint density at radius 1 is 0.639 bits per heavy atom. The van der Waals surface area contributed by atoms with Crippen LogP contribution in [0.2, 0.25) is 0 Å². The maximum atomic E-state index is 12.9. The van der Waals surface area contributed by atoms with Gasteiger partial charge in [0.1, 0.15) is 0 Å². The lowest BCUT2D eigenvalue weighted by Gasteiger charge is -1.99. The summed E-state index contributed by atoms with van der Waals surface area (Å²) >= 11 is 0. The van der Waals surface area contributed by atoms with E-state index in [1.54, 1.807) is 18.2 Å². The molecule has 0 aliphatic rings. The molecule has 0 aliphatic carbocycles. The van der Waals surface area contributed by atoms with Crippen LogP contribution in [0.25, 0.3) is 11.4 Å². The number of nitrogens with zero attached hydrogens (tertiary/aromatic N) is 5. The third kappa shape index (κ3) is 4.49. The van der Waals surface area contributed by atoms with Crippen LogP contribution in [0, 0.1) is 13.8 Å². The van der Waals surface area contributed by atoms with Crippen LogP contribution in [0.3, 0.4) is 0 Å². The van der Waals surface area contributed by atoms with Crippen molar-refractivity contribution in [3.8, 4) is 11.4 Å². The predicted molar refractivity (Wildman–Crippen MR) is 141 cm³/mol. The fraction of sp³-hybridized carbons (Fsp3) is 0.0741. The molecule has 5 aromatic rings. The zero-order valence-corrected chi connectivity index (χ0v) is 19.7. The molecule has 0 spiro atoms. The maximum Gasteiger partial charge on any atom is 0.280 e. The van der Waals surface area contributed by atoms with Gasteiger partial charge in [-0.3, -0.25) is 19.8 Å². The first kappa shape index (κ1) is 22.7. The van der Waals surface area contributed by atoms with E-state index >= 15 is 0 Å². The van der Waals surface area contributed by atoms with E-state index in [9.17, 15) is 9.59 Å². The third-order valence-electron chi connectivity index (χ3n) is 5.63. The van der Waals surface area contributed by atoms with Gasteiger partial charge in [0, 0.05) is 23.8 Å². The fourth-order valence-corrected chi connectivity index (χ4v) is 3.76. The highest BCUT2D eigenvalue weighted by molar-refractivity contribution is 5.83. The van der Waals surface area contributed by atoms with Crippen molar-refractivity contribution in [3.63, 3.8) is 0 Å². The molecule has 36 heavy (non-hydrogen) atoms. The minimum absolute atomic E-state index is 0.200. The van der Waals surface area contributed by atoms with Crippen LogP contribution < -0.4 is 11.1 Å². The minimum atomic E-state index is -0.200. The Morgan fingerprint density at radius 3 is 1.47 bits per heavy atom. The first-order valence-corrected chi connectivity index (χ1v) is 11.3. The molecule has 0 atom stereocenters. The Balaban J connectivity index is 1.39. The number of H-pyrrole nitrogens is 2. The van der Waals surface area contributed by atoms with Gasteiger partial charge in [-0.1, -0.05) is 42.5 Å². The van der Waals surface area contributed by atoms with Gasteiger partial charge in [0.25, 0.3) is 11.1 Å². The molecule has 0 saturated carbocycles. The van der Waals surface area contributed by atoms with E-state index in [1.807, 2.05) is 74.5 Å². The number of benzene rings is 2. The summed E-state index contributed by atoms with van der Waals surface area (Å²) in [7, 11) is 0. The summed E-state index contributed by atoms with van der Waals surface area (Å²) in [4.78, 5) is 38.9. The lowest BCUT2D eigenvalue weighted by Crippen LogP contribution is -2.17. The average Bonchev–Trinajstić information content (AvgIpc) is 3.36. The molecule has 5 rings (SSSR count). The van der Waals surface area contributed by atoms with Crippen molar-refractivity contribution < 1.29 is 0 Å². The number of nitrogens with one attached hydrogen (secondary N) is 2. The molecule has 0 saturated heterocycles. The standard InChI is InChI=1S/C27H23N7O2/c1-18-22(26(35)33(31-18)20-10-5-3-6-11-20)16-28-24-14-9-15-25(30-24)29-17-23-19(2)32-34(27(23)36)21-12-7-4-8-13-21/h3-17,31-32H,1-2H3/b28-16+,29-17?. The van der Waals surface area contributed by atoms with Crippen molar-refractivity contribution in [2.75, 3.05) is 0 Å². The summed E-state index contributed by atoms with van der Waals surface area (Å²) in [6.07, 6.45) is 3.00. The zero-order chi connectivity index (χ0) is 25.1. The monoisotopic (exact) mass is 477 g/mol. The van der Waals surface area contributed by atoms with Crippen LogP contribution in [0.5, 0.6) is 0 Å². The summed E-state index contributed by atoms with van der Waals surface area (Å²) in [6, 6.07) is 23.9. The number of pyridine rings is 1. The van der Waals surface area contributed by atoms with Crippen molar-refractivity contribution in [1.29, 1.82) is 0 Å². The van der Waals surface area contributed by atoms with Crippen LogP contribution in [0.1, 0.15) is 22.5 Å². The van der Waals surface area contributed by atoms with E-state index in [0.29, 0.717) is 34.2 Å². The van der Waals surface area contributed by atoms with E-state index in [0.717, 1.165) is 11.4 Å². The molecule has 0 radical (unpaired) electrons. The first-order valence-electron chi connectivity index (χ1n) is 11.3. The molecule has 178 valence electrons. The second-order valence-corrected chi connectivity index (χ2v) is 8.12. The van der Waals surface area contributed by atoms with Gasteiger partial charge in [0.2, 0.25) is 0 Å². The smallest absolute Gasteiger partial charge is 0.280 e. The van der Waals surface area contributed by atoms with E-state index in [2.05, 4.69) is 25.2 Å². The summed E-state index contributed by atoms with van der Waals surface area (Å²) < 4.78 is 2.96. The van der Waals surface area contributed by atoms with Gasteiger partial charge in [0.05, 0.1) is 22.5 Å². The Labute approximate surface area is 206 Å². The van der Waals surface area contributed by atoms with Crippen LogP contribution in [-0.4, -0.2) is 37.0 Å².